The minimum absolute atomic E-state index is 0. The van der Waals surface area contributed by atoms with E-state index >= 15 is 0 Å². The molecule has 1 unspecified atom stereocenters. The van der Waals surface area contributed by atoms with E-state index in [2.05, 4.69) is 0 Å². The van der Waals surface area contributed by atoms with Gasteiger partial charge in [-0.05, 0) is 36.2 Å². The van der Waals surface area contributed by atoms with Crippen LogP contribution in [0.1, 0.15) is 23.6 Å². The maximum atomic E-state index is 12.6. The molecular formula is C21H24ClNO7. The number of carbonyl (C=O) groups is 3. The number of nitrogens with two attached hydrogens (primary N) is 1. The highest BCUT2D eigenvalue weighted by Crippen LogP contribution is 2.29. The Hall–Kier alpha value is -2.94. The third-order valence-electron chi connectivity index (χ3n) is 4.29. The number of halogens is 1. The number of rotatable bonds is 6. The predicted octanol–water partition coefficient (Wildman–Crippen LogP) is 1.33. The van der Waals surface area contributed by atoms with Crippen molar-refractivity contribution in [2.45, 2.75) is 32.5 Å². The van der Waals surface area contributed by atoms with Gasteiger partial charge >= 0.3 is 11.9 Å². The lowest BCUT2D eigenvalue weighted by molar-refractivity contribution is -0.148. The van der Waals surface area contributed by atoms with Gasteiger partial charge in [0.2, 0.25) is 0 Å². The molecule has 1 atom stereocenters. The van der Waals surface area contributed by atoms with Gasteiger partial charge in [-0.1, -0.05) is 30.3 Å². The Balaban J connectivity index is 0.00000225. The smallest absolute Gasteiger partial charge is 0.360 e. The van der Waals surface area contributed by atoms with Gasteiger partial charge in [-0.15, -0.1) is 12.4 Å². The van der Waals surface area contributed by atoms with Crippen LogP contribution >= 0.6 is 12.4 Å². The highest BCUT2D eigenvalue weighted by molar-refractivity contribution is 6.05. The zero-order chi connectivity index (χ0) is 20.1. The Kier molecular flexibility index (Phi) is 9.45. The highest BCUT2D eigenvalue weighted by atomic mass is 35.5. The fraction of sp³-hybridized carbons (Fsp3) is 0.286. The molecule has 3 rings (SSSR count). The maximum Gasteiger partial charge on any atom is 0.360 e. The lowest BCUT2D eigenvalue weighted by atomic mass is 9.99. The van der Waals surface area contributed by atoms with Crippen LogP contribution in [0.25, 0.3) is 0 Å². The van der Waals surface area contributed by atoms with Crippen LogP contribution in [0, 0.1) is 0 Å². The molecule has 0 bridgehead atoms. The van der Waals surface area contributed by atoms with Gasteiger partial charge in [-0.25, -0.2) is 4.79 Å². The van der Waals surface area contributed by atoms with Crippen LogP contribution in [0.5, 0.6) is 11.5 Å². The summed E-state index contributed by atoms with van der Waals surface area (Å²) in [6.07, 6.45) is -0.735. The normalized spacial score (nSPS) is 14.3. The van der Waals surface area contributed by atoms with Crippen molar-refractivity contribution in [1.29, 1.82) is 0 Å². The van der Waals surface area contributed by atoms with E-state index in [1.807, 2.05) is 12.1 Å². The molecule has 9 heteroatoms. The molecule has 4 N–H and O–H groups in total. The number of fused-ring (bicyclic) bond motifs is 1. The molecule has 30 heavy (non-hydrogen) atoms. The molecule has 0 fully saturated rings. The third kappa shape index (κ3) is 6.03. The molecule has 2 aromatic carbocycles. The van der Waals surface area contributed by atoms with Crippen molar-refractivity contribution in [3.8, 4) is 11.5 Å². The van der Waals surface area contributed by atoms with Crippen LogP contribution in [0.3, 0.4) is 0 Å². The summed E-state index contributed by atoms with van der Waals surface area (Å²) in [5.41, 5.74) is 7.74. The summed E-state index contributed by atoms with van der Waals surface area (Å²) in [5, 5.41) is 0. The van der Waals surface area contributed by atoms with Gasteiger partial charge in [0.1, 0.15) is 18.1 Å². The fourth-order valence-corrected chi connectivity index (χ4v) is 2.91. The number of benzene rings is 2. The Bertz CT molecular complexity index is 916. The second-order valence-corrected chi connectivity index (χ2v) is 6.43. The van der Waals surface area contributed by atoms with E-state index in [1.54, 1.807) is 30.3 Å². The molecule has 0 aromatic heterocycles. The Morgan fingerprint density at radius 2 is 1.93 bits per heavy atom. The Morgan fingerprint density at radius 1 is 1.20 bits per heavy atom. The van der Waals surface area contributed by atoms with Gasteiger partial charge in [0.25, 0.3) is 6.10 Å². The molecule has 0 spiro atoms. The summed E-state index contributed by atoms with van der Waals surface area (Å²) in [4.78, 5) is 35.9. The molecule has 0 saturated heterocycles. The molecule has 1 aliphatic heterocycles. The Labute approximate surface area is 180 Å². The van der Waals surface area contributed by atoms with Crippen LogP contribution in [0.4, 0.5) is 0 Å². The van der Waals surface area contributed by atoms with Crippen molar-refractivity contribution >= 4 is 30.1 Å². The third-order valence-corrected chi connectivity index (χ3v) is 4.29. The number of esters is 2. The van der Waals surface area contributed by atoms with E-state index in [0.717, 1.165) is 5.56 Å². The first-order chi connectivity index (χ1) is 13.5. The van der Waals surface area contributed by atoms with Crippen molar-refractivity contribution in [2.24, 2.45) is 5.73 Å². The number of ketones is 1. The van der Waals surface area contributed by atoms with Crippen molar-refractivity contribution < 1.29 is 34.1 Å². The van der Waals surface area contributed by atoms with Gasteiger partial charge in [-0.3, -0.25) is 9.59 Å². The minimum atomic E-state index is -1.34. The second kappa shape index (κ2) is 11.3. The quantitative estimate of drug-likeness (QED) is 0.408. The van der Waals surface area contributed by atoms with Crippen LogP contribution < -0.4 is 15.2 Å². The molecule has 0 aliphatic carbocycles. The van der Waals surface area contributed by atoms with Crippen molar-refractivity contribution in [1.82, 2.24) is 0 Å². The first-order valence-electron chi connectivity index (χ1n) is 8.92. The van der Waals surface area contributed by atoms with Crippen molar-refractivity contribution in [3.05, 3.63) is 59.2 Å². The van der Waals surface area contributed by atoms with Gasteiger partial charge < -0.3 is 25.4 Å². The van der Waals surface area contributed by atoms with Gasteiger partial charge in [0.05, 0.1) is 0 Å². The molecule has 0 amide bonds. The monoisotopic (exact) mass is 437 g/mol. The predicted molar refractivity (Wildman–Crippen MR) is 111 cm³/mol. The molecule has 0 saturated carbocycles. The van der Waals surface area contributed by atoms with Crippen molar-refractivity contribution in [2.75, 3.05) is 6.54 Å². The maximum absolute atomic E-state index is 12.6. The lowest BCUT2D eigenvalue weighted by Crippen LogP contribution is -2.42. The average molecular weight is 438 g/mol. The summed E-state index contributed by atoms with van der Waals surface area (Å²) in [5.74, 6) is -0.774. The number of ether oxygens (including phenoxy) is 3. The van der Waals surface area contributed by atoms with Crippen LogP contribution in [0.2, 0.25) is 0 Å². The van der Waals surface area contributed by atoms with Gasteiger partial charge in [0, 0.05) is 18.9 Å². The summed E-state index contributed by atoms with van der Waals surface area (Å²) in [6.45, 7) is 1.82. The van der Waals surface area contributed by atoms with Gasteiger partial charge in [-0.2, -0.15) is 0 Å². The summed E-state index contributed by atoms with van der Waals surface area (Å²) >= 11 is 0. The lowest BCUT2D eigenvalue weighted by Gasteiger charge is -2.24. The number of para-hydroxylation sites is 1. The minimum Gasteiger partial charge on any atom is -0.470 e. The first-order valence-corrected chi connectivity index (χ1v) is 8.92. The first kappa shape index (κ1) is 25.1. The van der Waals surface area contributed by atoms with Crippen LogP contribution in [-0.2, 0) is 38.6 Å². The molecule has 2 aromatic rings. The SMILES string of the molecule is CC(=O)OCc1ccc2c(c1)OC(C(=O)Oc1ccccc1CCN)C(=O)C2.Cl.O. The average Bonchev–Trinajstić information content (AvgIpc) is 2.67. The van der Waals surface area contributed by atoms with E-state index in [-0.39, 0.29) is 36.7 Å². The number of Topliss-reactive ketones (excluding diaryl/α,β-unsaturated/α-hetero) is 1. The van der Waals surface area contributed by atoms with Crippen LogP contribution in [0.15, 0.2) is 42.5 Å². The molecule has 0 radical (unpaired) electrons. The van der Waals surface area contributed by atoms with E-state index in [1.165, 1.54) is 6.92 Å². The summed E-state index contributed by atoms with van der Waals surface area (Å²) in [6, 6.07) is 12.2. The van der Waals surface area contributed by atoms with E-state index < -0.39 is 18.0 Å². The number of carbonyl (C=O) groups excluding carboxylic acids is 3. The van der Waals surface area contributed by atoms with Crippen LogP contribution in [-0.4, -0.2) is 35.8 Å². The molecular weight excluding hydrogens is 414 g/mol. The second-order valence-electron chi connectivity index (χ2n) is 6.43. The standard InChI is InChI=1S/C21H21NO6.ClH.H2O/c1-13(23)26-12-14-6-7-16-11-17(24)20(27-19(16)10-14)21(25)28-18-5-3-2-4-15(18)8-9-22;;/h2-7,10,20H,8-9,11-12,22H2,1H3;1H;1H2. The molecule has 1 aliphatic rings. The number of hydrogen-bond acceptors (Lipinski definition) is 7. The topological polar surface area (TPSA) is 136 Å². The zero-order valence-corrected chi connectivity index (χ0v) is 17.2. The summed E-state index contributed by atoms with van der Waals surface area (Å²) < 4.78 is 16.0. The van der Waals surface area contributed by atoms with E-state index in [4.69, 9.17) is 19.9 Å². The van der Waals surface area contributed by atoms with Gasteiger partial charge in [0.15, 0.2) is 5.78 Å². The molecule has 162 valence electrons. The Morgan fingerprint density at radius 3 is 2.63 bits per heavy atom. The largest absolute Gasteiger partial charge is 0.470 e. The fourth-order valence-electron chi connectivity index (χ4n) is 2.91. The summed E-state index contributed by atoms with van der Waals surface area (Å²) in [7, 11) is 0. The van der Waals surface area contributed by atoms with E-state index in [9.17, 15) is 14.4 Å². The van der Waals surface area contributed by atoms with E-state index in [0.29, 0.717) is 35.6 Å². The molecule has 8 nitrogen and oxygen atoms in total. The van der Waals surface area contributed by atoms with Crippen molar-refractivity contribution in [3.63, 3.8) is 0 Å². The highest BCUT2D eigenvalue weighted by Gasteiger charge is 2.35. The zero-order valence-electron chi connectivity index (χ0n) is 16.4. The number of hydrogen-bond donors (Lipinski definition) is 1. The molecule has 1 heterocycles.